The van der Waals surface area contributed by atoms with Gasteiger partial charge in [0.1, 0.15) is 0 Å². The van der Waals surface area contributed by atoms with E-state index in [1.165, 1.54) is 24.5 Å². The first-order valence-corrected chi connectivity index (χ1v) is 6.11. The molecule has 1 aromatic heterocycles. The number of aromatic nitrogens is 2. The van der Waals surface area contributed by atoms with Crippen LogP contribution in [0.2, 0.25) is 0 Å². The molecule has 1 heterocycles. The first-order valence-electron chi connectivity index (χ1n) is 6.11. The zero-order valence-corrected chi connectivity index (χ0v) is 11.1. The number of carbonyl (C=O) groups excluding carboxylic acids is 1. The second kappa shape index (κ2) is 6.10. The standard InChI is InChI=1S/C14H14FN3O2/c1-9(2)20-12-5-4-10(8-11(12)15)13(19)18-14-16-6-3-7-17-14/h3-9H,1-2H3,(H,16,17,18,19). The van der Waals surface area contributed by atoms with Gasteiger partial charge >= 0.3 is 0 Å². The molecule has 0 radical (unpaired) electrons. The maximum absolute atomic E-state index is 13.8. The number of rotatable bonds is 4. The minimum atomic E-state index is -0.583. The molecule has 1 aromatic carbocycles. The molecule has 104 valence electrons. The molecule has 5 nitrogen and oxygen atoms in total. The monoisotopic (exact) mass is 275 g/mol. The van der Waals surface area contributed by atoms with Crippen LogP contribution in [0.1, 0.15) is 24.2 Å². The van der Waals surface area contributed by atoms with Gasteiger partial charge in [0.05, 0.1) is 6.10 Å². The van der Waals surface area contributed by atoms with Crippen LogP contribution in [0, 0.1) is 5.82 Å². The van der Waals surface area contributed by atoms with Crippen molar-refractivity contribution in [1.82, 2.24) is 9.97 Å². The fourth-order valence-corrected chi connectivity index (χ4v) is 1.53. The van der Waals surface area contributed by atoms with Crippen molar-refractivity contribution in [2.45, 2.75) is 20.0 Å². The molecule has 2 rings (SSSR count). The Balaban J connectivity index is 2.13. The first-order chi connectivity index (χ1) is 9.56. The SMILES string of the molecule is CC(C)Oc1ccc(C(=O)Nc2ncccn2)cc1F. The number of carbonyl (C=O) groups is 1. The molecule has 0 bridgehead atoms. The maximum atomic E-state index is 13.8. The topological polar surface area (TPSA) is 64.1 Å². The number of benzene rings is 1. The molecular formula is C14H14FN3O2. The van der Waals surface area contributed by atoms with Crippen LogP contribution < -0.4 is 10.1 Å². The molecule has 0 unspecified atom stereocenters. The van der Waals surface area contributed by atoms with Crippen molar-refractivity contribution in [1.29, 1.82) is 0 Å². The second-order valence-electron chi connectivity index (χ2n) is 4.34. The predicted molar refractivity (Wildman–Crippen MR) is 72.1 cm³/mol. The number of hydrogen-bond donors (Lipinski definition) is 1. The fourth-order valence-electron chi connectivity index (χ4n) is 1.53. The number of hydrogen-bond acceptors (Lipinski definition) is 4. The summed E-state index contributed by atoms with van der Waals surface area (Å²) in [5, 5.41) is 2.48. The van der Waals surface area contributed by atoms with Crippen molar-refractivity contribution in [3.05, 3.63) is 48.0 Å². The van der Waals surface area contributed by atoms with Crippen molar-refractivity contribution in [2.75, 3.05) is 5.32 Å². The summed E-state index contributed by atoms with van der Waals surface area (Å²) in [4.78, 5) is 19.6. The lowest BCUT2D eigenvalue weighted by molar-refractivity contribution is 0.102. The van der Waals surface area contributed by atoms with Crippen molar-refractivity contribution in [3.63, 3.8) is 0 Å². The van der Waals surface area contributed by atoms with Crippen LogP contribution >= 0.6 is 0 Å². The molecule has 0 saturated carbocycles. The normalized spacial score (nSPS) is 10.4. The number of amides is 1. The Morgan fingerprint density at radius 3 is 2.60 bits per heavy atom. The highest BCUT2D eigenvalue weighted by Gasteiger charge is 2.12. The van der Waals surface area contributed by atoms with Crippen molar-refractivity contribution in [3.8, 4) is 5.75 Å². The summed E-state index contributed by atoms with van der Waals surface area (Å²) in [5.74, 6) is -0.778. The molecule has 0 saturated heterocycles. The third-order valence-corrected chi connectivity index (χ3v) is 2.35. The van der Waals surface area contributed by atoms with E-state index in [9.17, 15) is 9.18 Å². The van der Waals surface area contributed by atoms with Gasteiger partial charge in [-0.1, -0.05) is 0 Å². The number of halogens is 1. The fraction of sp³-hybridized carbons (Fsp3) is 0.214. The van der Waals surface area contributed by atoms with E-state index < -0.39 is 11.7 Å². The maximum Gasteiger partial charge on any atom is 0.258 e. The van der Waals surface area contributed by atoms with Crippen LogP contribution in [0.5, 0.6) is 5.75 Å². The molecular weight excluding hydrogens is 261 g/mol. The smallest absolute Gasteiger partial charge is 0.258 e. The number of nitrogens with zero attached hydrogens (tertiary/aromatic N) is 2. The Kier molecular flexibility index (Phi) is 4.24. The molecule has 0 spiro atoms. The summed E-state index contributed by atoms with van der Waals surface area (Å²) in [6, 6.07) is 5.67. The van der Waals surface area contributed by atoms with E-state index in [4.69, 9.17) is 4.74 Å². The molecule has 1 N–H and O–H groups in total. The van der Waals surface area contributed by atoms with Gasteiger partial charge in [-0.15, -0.1) is 0 Å². The second-order valence-corrected chi connectivity index (χ2v) is 4.34. The van der Waals surface area contributed by atoms with Gasteiger partial charge in [-0.05, 0) is 38.1 Å². The van der Waals surface area contributed by atoms with E-state index in [-0.39, 0.29) is 23.4 Å². The Labute approximate surface area is 115 Å². The Morgan fingerprint density at radius 1 is 1.30 bits per heavy atom. The number of ether oxygens (including phenoxy) is 1. The van der Waals surface area contributed by atoms with Crippen molar-refractivity contribution in [2.24, 2.45) is 0 Å². The van der Waals surface area contributed by atoms with Gasteiger partial charge in [0.2, 0.25) is 5.95 Å². The van der Waals surface area contributed by atoms with E-state index in [1.54, 1.807) is 19.9 Å². The molecule has 2 aromatic rings. The van der Waals surface area contributed by atoms with E-state index in [2.05, 4.69) is 15.3 Å². The minimum absolute atomic E-state index is 0.118. The Hall–Kier alpha value is -2.50. The third-order valence-electron chi connectivity index (χ3n) is 2.35. The van der Waals surface area contributed by atoms with Gasteiger partial charge in [-0.2, -0.15) is 0 Å². The average molecular weight is 275 g/mol. The molecule has 0 aliphatic rings. The van der Waals surface area contributed by atoms with Crippen LogP contribution in [-0.2, 0) is 0 Å². The molecule has 0 atom stereocenters. The zero-order chi connectivity index (χ0) is 14.5. The van der Waals surface area contributed by atoms with Gasteiger partial charge < -0.3 is 4.74 Å². The van der Waals surface area contributed by atoms with Gasteiger partial charge in [-0.25, -0.2) is 14.4 Å². The van der Waals surface area contributed by atoms with Crippen LogP contribution in [0.3, 0.4) is 0 Å². The van der Waals surface area contributed by atoms with E-state index >= 15 is 0 Å². The quantitative estimate of drug-likeness (QED) is 0.931. The summed E-state index contributed by atoms with van der Waals surface area (Å²) in [6.07, 6.45) is 2.87. The number of nitrogens with one attached hydrogen (secondary N) is 1. The largest absolute Gasteiger partial charge is 0.488 e. The highest BCUT2D eigenvalue weighted by Crippen LogP contribution is 2.20. The zero-order valence-electron chi connectivity index (χ0n) is 11.1. The van der Waals surface area contributed by atoms with Gasteiger partial charge in [-0.3, -0.25) is 10.1 Å². The van der Waals surface area contributed by atoms with Crippen LogP contribution in [0.4, 0.5) is 10.3 Å². The summed E-state index contributed by atoms with van der Waals surface area (Å²) in [7, 11) is 0. The lowest BCUT2D eigenvalue weighted by Gasteiger charge is -2.11. The first kappa shape index (κ1) is 13.9. The lowest BCUT2D eigenvalue weighted by Crippen LogP contribution is -2.14. The van der Waals surface area contributed by atoms with E-state index in [1.807, 2.05) is 0 Å². The lowest BCUT2D eigenvalue weighted by atomic mass is 10.2. The van der Waals surface area contributed by atoms with Gasteiger partial charge in [0, 0.05) is 18.0 Å². The molecule has 6 heteroatoms. The van der Waals surface area contributed by atoms with Gasteiger partial charge in [0.15, 0.2) is 11.6 Å². The summed E-state index contributed by atoms with van der Waals surface area (Å²) < 4.78 is 19.0. The molecule has 20 heavy (non-hydrogen) atoms. The van der Waals surface area contributed by atoms with Crippen LogP contribution in [0.25, 0.3) is 0 Å². The minimum Gasteiger partial charge on any atom is -0.488 e. The van der Waals surface area contributed by atoms with E-state index in [0.29, 0.717) is 0 Å². The van der Waals surface area contributed by atoms with E-state index in [0.717, 1.165) is 6.07 Å². The van der Waals surface area contributed by atoms with Crippen LogP contribution in [-0.4, -0.2) is 22.0 Å². The Morgan fingerprint density at radius 2 is 2.00 bits per heavy atom. The molecule has 0 fully saturated rings. The summed E-state index contributed by atoms with van der Waals surface area (Å²) in [5.41, 5.74) is 0.172. The third kappa shape index (κ3) is 3.50. The highest BCUT2D eigenvalue weighted by atomic mass is 19.1. The average Bonchev–Trinajstić information content (AvgIpc) is 2.41. The summed E-state index contributed by atoms with van der Waals surface area (Å²) in [6.45, 7) is 3.60. The van der Waals surface area contributed by atoms with Crippen molar-refractivity contribution >= 4 is 11.9 Å². The number of anilines is 1. The molecule has 0 aliphatic heterocycles. The molecule has 0 aliphatic carbocycles. The molecule has 1 amide bonds. The van der Waals surface area contributed by atoms with Gasteiger partial charge in [0.25, 0.3) is 5.91 Å². The van der Waals surface area contributed by atoms with Crippen molar-refractivity contribution < 1.29 is 13.9 Å². The summed E-state index contributed by atoms with van der Waals surface area (Å²) >= 11 is 0. The Bertz CT molecular complexity index is 603. The highest BCUT2D eigenvalue weighted by molar-refractivity contribution is 6.03. The van der Waals surface area contributed by atoms with Crippen LogP contribution in [0.15, 0.2) is 36.7 Å². The predicted octanol–water partition coefficient (Wildman–Crippen LogP) is 2.66.